The Morgan fingerprint density at radius 3 is 0.973 bits per heavy atom. The molecule has 2 unspecified atom stereocenters. The van der Waals surface area contributed by atoms with Crippen LogP contribution in [0.1, 0.15) is 367 Å². The normalized spacial score (nSPS) is 12.7. The minimum Gasteiger partial charge on any atom is -0.466 e. The van der Waals surface area contributed by atoms with Crippen molar-refractivity contribution in [3.63, 3.8) is 0 Å². The van der Waals surface area contributed by atoms with E-state index in [1.54, 1.807) is 0 Å². The van der Waals surface area contributed by atoms with Gasteiger partial charge in [-0.05, 0) is 77.0 Å². The molecule has 6 heteroatoms. The Hall–Kier alpha value is -1.66. The number of aliphatic hydroxyl groups excluding tert-OH is 2. The molecule has 73 heavy (non-hydrogen) atoms. The fourth-order valence-corrected chi connectivity index (χ4v) is 10.4. The van der Waals surface area contributed by atoms with E-state index in [-0.39, 0.29) is 18.5 Å². The van der Waals surface area contributed by atoms with Crippen LogP contribution in [0.2, 0.25) is 0 Å². The van der Waals surface area contributed by atoms with Crippen LogP contribution in [-0.4, -0.2) is 47.4 Å². The van der Waals surface area contributed by atoms with Crippen LogP contribution in [0.4, 0.5) is 0 Å². The number of nitrogens with one attached hydrogen (secondary N) is 1. The standard InChI is InChI=1S/C67H129NO5/c1-3-5-7-9-11-13-15-17-19-20-21-22-23-24-25-28-32-35-39-43-47-51-55-59-65(70)64(63-69)68-66(71)60-56-52-48-44-40-36-33-29-26-27-30-34-38-42-46-50-54-58-62-73-67(72)61-57-53-49-45-41-37-31-18-16-14-12-10-8-6-4-2/h18,29,31,33,64-65,69-70H,3-17,19-28,30,32,34-63H2,1-2H3,(H,68,71)/b31-18-,33-29-. The number of ether oxygens (including phenoxy) is 1. The molecule has 2 atom stereocenters. The minimum atomic E-state index is -0.674. The van der Waals surface area contributed by atoms with Crippen LogP contribution in [-0.2, 0) is 14.3 Å². The third-order valence-electron chi connectivity index (χ3n) is 15.5. The molecule has 0 fully saturated rings. The Morgan fingerprint density at radius 2 is 0.644 bits per heavy atom. The number of hydrogen-bond donors (Lipinski definition) is 3. The van der Waals surface area contributed by atoms with Gasteiger partial charge in [0.05, 0.1) is 25.4 Å². The van der Waals surface area contributed by atoms with E-state index in [4.69, 9.17) is 4.74 Å². The van der Waals surface area contributed by atoms with E-state index < -0.39 is 12.1 Å². The lowest BCUT2D eigenvalue weighted by Gasteiger charge is -2.22. The Labute approximate surface area is 456 Å². The molecule has 0 saturated heterocycles. The molecule has 6 nitrogen and oxygen atoms in total. The van der Waals surface area contributed by atoms with Crippen LogP contribution in [0.5, 0.6) is 0 Å². The maximum absolute atomic E-state index is 12.5. The lowest BCUT2D eigenvalue weighted by molar-refractivity contribution is -0.143. The molecule has 0 saturated carbocycles. The minimum absolute atomic E-state index is 0.00405. The van der Waals surface area contributed by atoms with Gasteiger partial charge in [0.25, 0.3) is 0 Å². The highest BCUT2D eigenvalue weighted by atomic mass is 16.5. The molecule has 432 valence electrons. The first-order valence-electron chi connectivity index (χ1n) is 33.1. The summed E-state index contributed by atoms with van der Waals surface area (Å²) in [5.74, 6) is -0.0496. The largest absolute Gasteiger partial charge is 0.466 e. The Bertz CT molecular complexity index is 1140. The molecule has 0 rings (SSSR count). The van der Waals surface area contributed by atoms with Gasteiger partial charge in [0.15, 0.2) is 0 Å². The molecule has 1 amide bonds. The second kappa shape index (κ2) is 62.9. The summed E-state index contributed by atoms with van der Waals surface area (Å²) in [7, 11) is 0. The fourth-order valence-electron chi connectivity index (χ4n) is 10.4. The molecule has 0 aromatic rings. The highest BCUT2D eigenvalue weighted by molar-refractivity contribution is 5.76. The van der Waals surface area contributed by atoms with Crippen LogP contribution in [0.3, 0.4) is 0 Å². The molecule has 0 spiro atoms. The molecule has 0 radical (unpaired) electrons. The predicted octanol–water partition coefficient (Wildman–Crippen LogP) is 21.0. The van der Waals surface area contributed by atoms with Gasteiger partial charge in [-0.15, -0.1) is 0 Å². The second-order valence-corrected chi connectivity index (χ2v) is 22.8. The average molecular weight is 1030 g/mol. The lowest BCUT2D eigenvalue weighted by Crippen LogP contribution is -2.45. The Morgan fingerprint density at radius 1 is 0.370 bits per heavy atom. The quantitative estimate of drug-likeness (QED) is 0.0320. The number of rotatable bonds is 62. The van der Waals surface area contributed by atoms with E-state index in [2.05, 4.69) is 43.5 Å². The maximum Gasteiger partial charge on any atom is 0.305 e. The molecule has 0 aromatic carbocycles. The van der Waals surface area contributed by atoms with Crippen LogP contribution >= 0.6 is 0 Å². The first-order valence-corrected chi connectivity index (χ1v) is 33.1. The lowest BCUT2D eigenvalue weighted by atomic mass is 10.0. The van der Waals surface area contributed by atoms with Gasteiger partial charge in [0, 0.05) is 12.8 Å². The molecule has 0 aromatic heterocycles. The predicted molar refractivity (Wildman–Crippen MR) is 320 cm³/mol. The molecular weight excluding hydrogens is 899 g/mol. The van der Waals surface area contributed by atoms with E-state index in [1.807, 2.05) is 0 Å². The number of unbranched alkanes of at least 4 members (excludes halogenated alkanes) is 47. The molecule has 0 aliphatic rings. The third-order valence-corrected chi connectivity index (χ3v) is 15.5. The molecule has 0 heterocycles. The van der Waals surface area contributed by atoms with Crippen molar-refractivity contribution in [3.05, 3.63) is 24.3 Å². The van der Waals surface area contributed by atoms with Crippen molar-refractivity contribution < 1.29 is 24.5 Å². The van der Waals surface area contributed by atoms with Crippen molar-refractivity contribution in [2.24, 2.45) is 0 Å². The number of allylic oxidation sites excluding steroid dienone is 4. The first-order chi connectivity index (χ1) is 36.0. The number of carbonyl (C=O) groups is 2. The summed E-state index contributed by atoms with van der Waals surface area (Å²) in [5, 5.41) is 23.4. The van der Waals surface area contributed by atoms with Gasteiger partial charge < -0.3 is 20.3 Å². The summed E-state index contributed by atoms with van der Waals surface area (Å²) in [6.45, 7) is 4.96. The van der Waals surface area contributed by atoms with Crippen LogP contribution in [0, 0.1) is 0 Å². The van der Waals surface area contributed by atoms with Crippen LogP contribution in [0.25, 0.3) is 0 Å². The Kier molecular flexibility index (Phi) is 61.4. The number of hydrogen-bond acceptors (Lipinski definition) is 5. The molecule has 0 aliphatic heterocycles. The van der Waals surface area contributed by atoms with Gasteiger partial charge in [0.2, 0.25) is 5.91 Å². The summed E-state index contributed by atoms with van der Waals surface area (Å²) in [6, 6.07) is -0.553. The van der Waals surface area contributed by atoms with Crippen molar-refractivity contribution in [1.29, 1.82) is 0 Å². The zero-order valence-electron chi connectivity index (χ0n) is 49.4. The van der Waals surface area contributed by atoms with Crippen molar-refractivity contribution in [1.82, 2.24) is 5.32 Å². The summed E-state index contributed by atoms with van der Waals surface area (Å²) in [4.78, 5) is 24.6. The number of amides is 1. The van der Waals surface area contributed by atoms with Crippen molar-refractivity contribution in [2.75, 3.05) is 13.2 Å². The van der Waals surface area contributed by atoms with Crippen LogP contribution in [0.15, 0.2) is 24.3 Å². The van der Waals surface area contributed by atoms with E-state index in [0.29, 0.717) is 25.9 Å². The average Bonchev–Trinajstić information content (AvgIpc) is 3.39. The second-order valence-electron chi connectivity index (χ2n) is 22.8. The van der Waals surface area contributed by atoms with E-state index in [9.17, 15) is 19.8 Å². The van der Waals surface area contributed by atoms with Gasteiger partial charge in [-0.2, -0.15) is 0 Å². The summed E-state index contributed by atoms with van der Waals surface area (Å²) >= 11 is 0. The molecular formula is C67H129NO5. The van der Waals surface area contributed by atoms with Gasteiger partial charge in [-0.3, -0.25) is 9.59 Å². The fraction of sp³-hybridized carbons (Fsp3) is 0.910. The zero-order valence-corrected chi connectivity index (χ0v) is 49.4. The van der Waals surface area contributed by atoms with Crippen molar-refractivity contribution in [3.8, 4) is 0 Å². The van der Waals surface area contributed by atoms with E-state index >= 15 is 0 Å². The number of aliphatic hydroxyl groups is 2. The van der Waals surface area contributed by atoms with Gasteiger partial charge in [-0.1, -0.05) is 301 Å². The van der Waals surface area contributed by atoms with Gasteiger partial charge >= 0.3 is 5.97 Å². The van der Waals surface area contributed by atoms with Crippen molar-refractivity contribution in [2.45, 2.75) is 379 Å². The van der Waals surface area contributed by atoms with Gasteiger partial charge in [0.1, 0.15) is 0 Å². The third kappa shape index (κ3) is 59.4. The Balaban J connectivity index is 3.44. The molecule has 3 N–H and O–H groups in total. The van der Waals surface area contributed by atoms with E-state index in [1.165, 1.54) is 276 Å². The topological polar surface area (TPSA) is 95.9 Å². The molecule has 0 aliphatic carbocycles. The van der Waals surface area contributed by atoms with Crippen LogP contribution < -0.4 is 5.32 Å². The highest BCUT2D eigenvalue weighted by Crippen LogP contribution is 2.18. The number of carbonyl (C=O) groups excluding carboxylic acids is 2. The first kappa shape index (κ1) is 71.3. The van der Waals surface area contributed by atoms with Gasteiger partial charge in [-0.25, -0.2) is 0 Å². The smallest absolute Gasteiger partial charge is 0.305 e. The van der Waals surface area contributed by atoms with E-state index in [0.717, 1.165) is 57.8 Å². The maximum atomic E-state index is 12.5. The molecule has 0 bridgehead atoms. The highest BCUT2D eigenvalue weighted by Gasteiger charge is 2.20. The number of esters is 1. The zero-order chi connectivity index (χ0) is 52.9. The van der Waals surface area contributed by atoms with Crippen molar-refractivity contribution >= 4 is 11.9 Å². The summed E-state index contributed by atoms with van der Waals surface area (Å²) < 4.78 is 5.48. The summed E-state index contributed by atoms with van der Waals surface area (Å²) in [5.41, 5.74) is 0. The summed E-state index contributed by atoms with van der Waals surface area (Å²) in [6.07, 6.45) is 77.7. The SMILES string of the molecule is CCCCCCCC/C=C\CCCCCCCC(=O)OCCCCCCCCCCC/C=C\CCCCCCCC(=O)NC(CO)C(O)CCCCCCCCCCCCCCCCCCCCCCCCC. The monoisotopic (exact) mass is 1030 g/mol.